The lowest BCUT2D eigenvalue weighted by Crippen LogP contribution is -2.49. The third-order valence-corrected chi connectivity index (χ3v) is 4.46. The number of benzene rings is 1. The van der Waals surface area contributed by atoms with Crippen LogP contribution in [0.3, 0.4) is 0 Å². The molecule has 0 fully saturated rings. The van der Waals surface area contributed by atoms with Crippen LogP contribution < -0.4 is 15.0 Å². The molecule has 130 valence electrons. The molecule has 2 amide bonds. The highest BCUT2D eigenvalue weighted by molar-refractivity contribution is 6.02. The van der Waals surface area contributed by atoms with Crippen molar-refractivity contribution in [1.82, 2.24) is 15.1 Å². The summed E-state index contributed by atoms with van der Waals surface area (Å²) >= 11 is 0. The summed E-state index contributed by atoms with van der Waals surface area (Å²) in [7, 11) is 1.64. The molecule has 0 saturated heterocycles. The van der Waals surface area contributed by atoms with E-state index in [1.54, 1.807) is 25.2 Å². The number of aromatic nitrogens is 2. The van der Waals surface area contributed by atoms with Crippen LogP contribution in [0.4, 0.5) is 10.1 Å². The summed E-state index contributed by atoms with van der Waals surface area (Å²) in [5, 5.41) is 6.78. The predicted molar refractivity (Wildman–Crippen MR) is 87.4 cm³/mol. The summed E-state index contributed by atoms with van der Waals surface area (Å²) in [4.78, 5) is 26.5. The van der Waals surface area contributed by atoms with E-state index in [2.05, 4.69) is 10.4 Å². The number of hydrogen-bond acceptors (Lipinski definition) is 4. The van der Waals surface area contributed by atoms with Crippen LogP contribution in [0.15, 0.2) is 30.3 Å². The number of amides is 2. The predicted octanol–water partition coefficient (Wildman–Crippen LogP) is 0.931. The van der Waals surface area contributed by atoms with E-state index >= 15 is 0 Å². The number of alkyl halides is 1. The van der Waals surface area contributed by atoms with Crippen LogP contribution in [0.25, 0.3) is 0 Å². The minimum absolute atomic E-state index is 0.0338. The number of likely N-dealkylation sites (N-methyl/N-ethyl adjacent to an activating group) is 1. The van der Waals surface area contributed by atoms with Crippen LogP contribution in [0, 0.1) is 0 Å². The molecule has 1 N–H and O–H groups in total. The molecule has 0 bridgehead atoms. The lowest BCUT2D eigenvalue weighted by Gasteiger charge is -2.20. The molecule has 1 unspecified atom stereocenters. The van der Waals surface area contributed by atoms with Crippen molar-refractivity contribution in [1.29, 1.82) is 0 Å². The molecule has 0 radical (unpaired) electrons. The average Bonchev–Trinajstić information content (AvgIpc) is 3.11. The van der Waals surface area contributed by atoms with Crippen molar-refractivity contribution < 1.29 is 18.7 Å². The Morgan fingerprint density at radius 3 is 3.00 bits per heavy atom. The molecular formula is C17H17FN4O3. The highest BCUT2D eigenvalue weighted by Gasteiger charge is 2.32. The molecule has 3 heterocycles. The summed E-state index contributed by atoms with van der Waals surface area (Å²) in [5.74, 6) is -0.155. The number of halogens is 1. The topological polar surface area (TPSA) is 76.5 Å². The Morgan fingerprint density at radius 2 is 2.20 bits per heavy atom. The van der Waals surface area contributed by atoms with E-state index in [1.807, 2.05) is 12.1 Å². The molecule has 8 heteroatoms. The van der Waals surface area contributed by atoms with Crippen LogP contribution in [-0.2, 0) is 17.8 Å². The molecular weight excluding hydrogens is 327 g/mol. The number of carbonyl (C=O) groups excluding carboxylic acids is 2. The first kappa shape index (κ1) is 15.6. The van der Waals surface area contributed by atoms with Crippen molar-refractivity contribution in [2.45, 2.75) is 25.2 Å². The van der Waals surface area contributed by atoms with Crippen LogP contribution in [0.5, 0.6) is 5.75 Å². The molecule has 0 aliphatic carbocycles. The molecule has 2 aliphatic rings. The van der Waals surface area contributed by atoms with Gasteiger partial charge in [-0.2, -0.15) is 5.10 Å². The Hall–Kier alpha value is -2.90. The number of nitrogens with zero attached hydrogens (tertiary/aromatic N) is 3. The van der Waals surface area contributed by atoms with Crippen molar-refractivity contribution in [3.8, 4) is 5.75 Å². The number of fused-ring (bicyclic) bond motifs is 2. The Balaban J connectivity index is 1.50. The molecule has 0 spiro atoms. The van der Waals surface area contributed by atoms with Gasteiger partial charge in [-0.3, -0.25) is 14.3 Å². The van der Waals surface area contributed by atoms with E-state index < -0.39 is 18.1 Å². The van der Waals surface area contributed by atoms with E-state index in [4.69, 9.17) is 4.74 Å². The minimum atomic E-state index is -0.955. The van der Waals surface area contributed by atoms with Crippen molar-refractivity contribution in [2.75, 3.05) is 18.6 Å². The van der Waals surface area contributed by atoms with Crippen LogP contribution >= 0.6 is 0 Å². The van der Waals surface area contributed by atoms with Crippen molar-refractivity contribution in [3.05, 3.63) is 41.7 Å². The lowest BCUT2D eigenvalue weighted by atomic mass is 10.2. The fourth-order valence-corrected chi connectivity index (χ4v) is 3.16. The van der Waals surface area contributed by atoms with Gasteiger partial charge in [-0.1, -0.05) is 12.1 Å². The fourth-order valence-electron chi connectivity index (χ4n) is 3.16. The smallest absolute Gasteiger partial charge is 0.272 e. The zero-order chi connectivity index (χ0) is 17.6. The number of hydrogen-bond donors (Lipinski definition) is 1. The van der Waals surface area contributed by atoms with E-state index in [-0.39, 0.29) is 31.2 Å². The molecule has 7 nitrogen and oxygen atoms in total. The molecule has 0 saturated carbocycles. The van der Waals surface area contributed by atoms with Gasteiger partial charge in [-0.05, 0) is 18.2 Å². The summed E-state index contributed by atoms with van der Waals surface area (Å²) in [6.45, 7) is 0.193. The Labute approximate surface area is 143 Å². The SMILES string of the molecule is CN1C(=O)[C@@H](NC(=O)c2cc3n(n2)CC(F)C3)COc2ccccc21. The first-order chi connectivity index (χ1) is 12.0. The fraction of sp³-hybridized carbons (Fsp3) is 0.353. The standard InChI is InChI=1S/C17H17FN4O3/c1-21-14-4-2-3-5-15(14)25-9-13(17(21)24)19-16(23)12-7-11-6-10(18)8-22(11)20-12/h2-5,7,10,13H,6,8-9H2,1H3,(H,19,23)/t10?,13-/m0/s1. The van der Waals surface area contributed by atoms with Gasteiger partial charge in [0.25, 0.3) is 11.8 Å². The molecule has 2 atom stereocenters. The maximum absolute atomic E-state index is 13.3. The zero-order valence-electron chi connectivity index (χ0n) is 13.6. The second kappa shape index (κ2) is 5.87. The van der Waals surface area contributed by atoms with Gasteiger partial charge in [0.05, 0.1) is 12.2 Å². The van der Waals surface area contributed by atoms with Gasteiger partial charge in [0.15, 0.2) is 0 Å². The van der Waals surface area contributed by atoms with E-state index in [0.29, 0.717) is 17.1 Å². The number of anilines is 1. The van der Waals surface area contributed by atoms with E-state index in [1.165, 1.54) is 9.58 Å². The maximum Gasteiger partial charge on any atom is 0.272 e. The Bertz CT molecular complexity index is 827. The monoisotopic (exact) mass is 344 g/mol. The third-order valence-electron chi connectivity index (χ3n) is 4.46. The third kappa shape index (κ3) is 2.73. The summed E-state index contributed by atoms with van der Waals surface area (Å²) in [5.41, 5.74) is 1.52. The van der Waals surface area contributed by atoms with Crippen molar-refractivity contribution in [2.24, 2.45) is 0 Å². The minimum Gasteiger partial charge on any atom is -0.489 e. The second-order valence-corrected chi connectivity index (χ2v) is 6.21. The lowest BCUT2D eigenvalue weighted by molar-refractivity contribution is -0.120. The molecule has 2 aliphatic heterocycles. The number of rotatable bonds is 2. The van der Waals surface area contributed by atoms with Crippen molar-refractivity contribution >= 4 is 17.5 Å². The highest BCUT2D eigenvalue weighted by atomic mass is 19.1. The van der Waals surface area contributed by atoms with Crippen molar-refractivity contribution in [3.63, 3.8) is 0 Å². The Morgan fingerprint density at radius 1 is 1.40 bits per heavy atom. The van der Waals surface area contributed by atoms with Crippen LogP contribution in [0.2, 0.25) is 0 Å². The van der Waals surface area contributed by atoms with Gasteiger partial charge in [-0.15, -0.1) is 0 Å². The van der Waals surface area contributed by atoms with Gasteiger partial charge in [-0.25, -0.2) is 4.39 Å². The van der Waals surface area contributed by atoms with Gasteiger partial charge in [0.2, 0.25) is 0 Å². The quantitative estimate of drug-likeness (QED) is 0.879. The summed E-state index contributed by atoms with van der Waals surface area (Å²) < 4.78 is 20.5. The average molecular weight is 344 g/mol. The summed E-state index contributed by atoms with van der Waals surface area (Å²) in [6.07, 6.45) is -0.701. The van der Waals surface area contributed by atoms with E-state index in [9.17, 15) is 14.0 Å². The second-order valence-electron chi connectivity index (χ2n) is 6.21. The molecule has 25 heavy (non-hydrogen) atoms. The molecule has 2 aromatic rings. The summed E-state index contributed by atoms with van der Waals surface area (Å²) in [6, 6.07) is 7.93. The normalized spacial score (nSPS) is 22.0. The molecule has 4 rings (SSSR count). The van der Waals surface area contributed by atoms with E-state index in [0.717, 1.165) is 0 Å². The van der Waals surface area contributed by atoms with Gasteiger partial charge in [0.1, 0.15) is 30.3 Å². The molecule has 1 aromatic carbocycles. The van der Waals surface area contributed by atoms with Crippen LogP contribution in [-0.4, -0.2) is 47.5 Å². The van der Waals surface area contributed by atoms with Crippen LogP contribution in [0.1, 0.15) is 16.2 Å². The number of para-hydroxylation sites is 2. The Kier molecular flexibility index (Phi) is 3.67. The molecule has 1 aromatic heterocycles. The largest absolute Gasteiger partial charge is 0.489 e. The highest BCUT2D eigenvalue weighted by Crippen LogP contribution is 2.29. The zero-order valence-corrected chi connectivity index (χ0v) is 13.6. The first-order valence-electron chi connectivity index (χ1n) is 8.04. The number of carbonyl (C=O) groups is 2. The number of ether oxygens (including phenoxy) is 1. The van der Waals surface area contributed by atoms with Gasteiger partial charge in [0, 0.05) is 19.2 Å². The number of nitrogens with one attached hydrogen (secondary N) is 1. The van der Waals surface area contributed by atoms with Gasteiger partial charge < -0.3 is 15.0 Å². The van der Waals surface area contributed by atoms with Gasteiger partial charge >= 0.3 is 0 Å². The first-order valence-corrected chi connectivity index (χ1v) is 8.04. The maximum atomic E-state index is 13.3.